The van der Waals surface area contributed by atoms with Gasteiger partial charge in [0.05, 0.1) is 24.2 Å². The predicted molar refractivity (Wildman–Crippen MR) is 108 cm³/mol. The summed E-state index contributed by atoms with van der Waals surface area (Å²) in [6, 6.07) is 5.96. The summed E-state index contributed by atoms with van der Waals surface area (Å²) in [4.78, 5) is 29.2. The highest BCUT2D eigenvalue weighted by atomic mass is 32.2. The minimum atomic E-state index is -3.22. The second-order valence-electron chi connectivity index (χ2n) is 7.69. The van der Waals surface area contributed by atoms with Crippen LogP contribution in [0.3, 0.4) is 0 Å². The first-order valence-corrected chi connectivity index (χ1v) is 11.5. The zero-order valence-corrected chi connectivity index (χ0v) is 17.3. The first-order chi connectivity index (χ1) is 13.8. The van der Waals surface area contributed by atoms with Gasteiger partial charge in [-0.15, -0.1) is 0 Å². The van der Waals surface area contributed by atoms with Gasteiger partial charge in [-0.2, -0.15) is 0 Å². The van der Waals surface area contributed by atoms with Crippen molar-refractivity contribution in [3.8, 4) is 5.75 Å². The van der Waals surface area contributed by atoms with Crippen LogP contribution in [-0.4, -0.2) is 74.5 Å². The SMILES string of the molecule is CCCOc1ccc2cc(C(=O)N3CCN(C)[C@@H]4CS(=O)(=O)C[C@@H]43)c(=O)oc2c1. The van der Waals surface area contributed by atoms with Gasteiger partial charge in [0.25, 0.3) is 5.91 Å². The van der Waals surface area contributed by atoms with Crippen molar-refractivity contribution >= 4 is 26.7 Å². The molecule has 2 aromatic rings. The lowest BCUT2D eigenvalue weighted by Crippen LogP contribution is -2.59. The quantitative estimate of drug-likeness (QED) is 0.684. The van der Waals surface area contributed by atoms with Crippen molar-refractivity contribution in [3.05, 3.63) is 40.2 Å². The monoisotopic (exact) mass is 420 g/mol. The molecule has 0 spiro atoms. The molecule has 0 aliphatic carbocycles. The maximum absolute atomic E-state index is 13.2. The zero-order chi connectivity index (χ0) is 20.8. The fraction of sp³-hybridized carbons (Fsp3) is 0.500. The number of likely N-dealkylation sites (N-methyl/N-ethyl adjacent to an activating group) is 1. The molecule has 2 saturated heterocycles. The molecule has 1 aromatic heterocycles. The maximum Gasteiger partial charge on any atom is 0.349 e. The van der Waals surface area contributed by atoms with Gasteiger partial charge < -0.3 is 14.1 Å². The van der Waals surface area contributed by atoms with Crippen molar-refractivity contribution in [2.75, 3.05) is 38.2 Å². The van der Waals surface area contributed by atoms with Crippen molar-refractivity contribution in [2.45, 2.75) is 25.4 Å². The molecule has 0 N–H and O–H groups in total. The summed E-state index contributed by atoms with van der Waals surface area (Å²) in [7, 11) is -1.35. The summed E-state index contributed by atoms with van der Waals surface area (Å²) >= 11 is 0. The molecule has 29 heavy (non-hydrogen) atoms. The summed E-state index contributed by atoms with van der Waals surface area (Å²) in [6.07, 6.45) is 0.859. The summed E-state index contributed by atoms with van der Waals surface area (Å²) < 4.78 is 35.2. The van der Waals surface area contributed by atoms with Crippen LogP contribution in [0.4, 0.5) is 0 Å². The van der Waals surface area contributed by atoms with E-state index in [1.165, 1.54) is 11.0 Å². The summed E-state index contributed by atoms with van der Waals surface area (Å²) in [5.41, 5.74) is -0.460. The van der Waals surface area contributed by atoms with Gasteiger partial charge in [0, 0.05) is 30.6 Å². The van der Waals surface area contributed by atoms with E-state index in [0.29, 0.717) is 36.4 Å². The number of fused-ring (bicyclic) bond motifs is 2. The number of amides is 1. The molecule has 0 saturated carbocycles. The number of piperazine rings is 1. The van der Waals surface area contributed by atoms with Crippen LogP contribution in [0, 0.1) is 0 Å². The van der Waals surface area contributed by atoms with E-state index >= 15 is 0 Å². The summed E-state index contributed by atoms with van der Waals surface area (Å²) in [5, 5.41) is 0.613. The third-order valence-corrected chi connectivity index (χ3v) is 7.32. The number of ether oxygens (including phenoxy) is 1. The predicted octanol–water partition coefficient (Wildman–Crippen LogP) is 1.14. The first kappa shape index (κ1) is 19.9. The molecule has 0 bridgehead atoms. The highest BCUT2D eigenvalue weighted by molar-refractivity contribution is 7.91. The van der Waals surface area contributed by atoms with Crippen LogP contribution >= 0.6 is 0 Å². The van der Waals surface area contributed by atoms with Crippen LogP contribution < -0.4 is 10.4 Å². The Bertz CT molecular complexity index is 1110. The topological polar surface area (TPSA) is 97.1 Å². The molecule has 156 valence electrons. The molecule has 2 atom stereocenters. The number of nitrogens with zero attached hydrogens (tertiary/aromatic N) is 2. The van der Waals surface area contributed by atoms with E-state index in [2.05, 4.69) is 0 Å². The second-order valence-corrected chi connectivity index (χ2v) is 9.84. The molecular formula is C20H24N2O6S. The van der Waals surface area contributed by atoms with Gasteiger partial charge in [-0.1, -0.05) is 6.92 Å². The van der Waals surface area contributed by atoms with Crippen LogP contribution in [0.5, 0.6) is 5.75 Å². The van der Waals surface area contributed by atoms with Gasteiger partial charge in [-0.25, -0.2) is 13.2 Å². The average molecular weight is 420 g/mol. The van der Waals surface area contributed by atoms with Crippen molar-refractivity contribution in [2.24, 2.45) is 0 Å². The highest BCUT2D eigenvalue weighted by Gasteiger charge is 2.47. The van der Waals surface area contributed by atoms with Crippen LogP contribution in [0.2, 0.25) is 0 Å². The molecule has 2 aliphatic rings. The molecule has 0 unspecified atom stereocenters. The van der Waals surface area contributed by atoms with Crippen LogP contribution in [-0.2, 0) is 9.84 Å². The summed E-state index contributed by atoms with van der Waals surface area (Å²) in [5.74, 6) is 0.0714. The molecule has 9 heteroatoms. The van der Waals surface area contributed by atoms with Gasteiger partial charge >= 0.3 is 5.63 Å². The van der Waals surface area contributed by atoms with Crippen LogP contribution in [0.15, 0.2) is 33.5 Å². The Kier molecular flexibility index (Phi) is 5.12. The Morgan fingerprint density at radius 2 is 1.97 bits per heavy atom. The van der Waals surface area contributed by atoms with Crippen molar-refractivity contribution in [1.29, 1.82) is 0 Å². The third kappa shape index (κ3) is 3.76. The van der Waals surface area contributed by atoms with E-state index in [-0.39, 0.29) is 23.1 Å². The lowest BCUT2D eigenvalue weighted by Gasteiger charge is -2.42. The molecule has 1 amide bonds. The smallest absolute Gasteiger partial charge is 0.349 e. The van der Waals surface area contributed by atoms with Crippen LogP contribution in [0.1, 0.15) is 23.7 Å². The second kappa shape index (κ2) is 7.46. The number of sulfone groups is 1. The Morgan fingerprint density at radius 3 is 2.72 bits per heavy atom. The lowest BCUT2D eigenvalue weighted by atomic mass is 10.0. The van der Waals surface area contributed by atoms with E-state index in [9.17, 15) is 18.0 Å². The van der Waals surface area contributed by atoms with E-state index in [1.54, 1.807) is 18.2 Å². The van der Waals surface area contributed by atoms with Crippen molar-refractivity contribution < 1.29 is 22.4 Å². The van der Waals surface area contributed by atoms with E-state index in [1.807, 2.05) is 18.9 Å². The van der Waals surface area contributed by atoms with Gasteiger partial charge in [0.15, 0.2) is 9.84 Å². The Labute approximate surface area is 169 Å². The van der Waals surface area contributed by atoms with Gasteiger partial charge in [-0.05, 0) is 31.7 Å². The van der Waals surface area contributed by atoms with Gasteiger partial charge in [0.2, 0.25) is 0 Å². The fourth-order valence-corrected chi connectivity index (χ4v) is 6.14. The summed E-state index contributed by atoms with van der Waals surface area (Å²) in [6.45, 7) is 3.48. The molecular weight excluding hydrogens is 396 g/mol. The van der Waals surface area contributed by atoms with Crippen LogP contribution in [0.25, 0.3) is 11.0 Å². The van der Waals surface area contributed by atoms with E-state index < -0.39 is 27.4 Å². The number of benzene rings is 1. The zero-order valence-electron chi connectivity index (χ0n) is 16.5. The molecule has 1 aromatic carbocycles. The van der Waals surface area contributed by atoms with E-state index in [0.717, 1.165) is 6.42 Å². The Morgan fingerprint density at radius 1 is 1.21 bits per heavy atom. The molecule has 3 heterocycles. The molecule has 2 fully saturated rings. The number of hydrogen-bond donors (Lipinski definition) is 0. The van der Waals surface area contributed by atoms with Gasteiger partial charge in [0.1, 0.15) is 16.9 Å². The minimum absolute atomic E-state index is 0.0326. The number of hydrogen-bond acceptors (Lipinski definition) is 7. The minimum Gasteiger partial charge on any atom is -0.493 e. The Hall–Kier alpha value is -2.39. The standard InChI is InChI=1S/C20H24N2O6S/c1-3-8-27-14-5-4-13-9-15(20(24)28-18(13)10-14)19(23)22-7-6-21(2)16-11-29(25,26)12-17(16)22/h4-5,9-10,16-17H,3,6-8,11-12H2,1-2H3/t16-,17+/m1/s1. The molecule has 8 nitrogen and oxygen atoms in total. The number of carbonyl (C=O) groups excluding carboxylic acids is 1. The molecule has 2 aliphatic heterocycles. The Balaban J connectivity index is 1.66. The maximum atomic E-state index is 13.2. The normalized spacial score (nSPS) is 23.9. The number of rotatable bonds is 4. The number of carbonyl (C=O) groups is 1. The van der Waals surface area contributed by atoms with Crippen molar-refractivity contribution in [1.82, 2.24) is 9.80 Å². The largest absolute Gasteiger partial charge is 0.493 e. The van der Waals surface area contributed by atoms with E-state index in [4.69, 9.17) is 9.15 Å². The molecule has 0 radical (unpaired) electrons. The van der Waals surface area contributed by atoms with Gasteiger partial charge in [-0.3, -0.25) is 9.69 Å². The first-order valence-electron chi connectivity index (χ1n) is 9.71. The fourth-order valence-electron chi connectivity index (χ4n) is 4.08. The van der Waals surface area contributed by atoms with Crippen molar-refractivity contribution in [3.63, 3.8) is 0 Å². The molecule has 4 rings (SSSR count). The lowest BCUT2D eigenvalue weighted by molar-refractivity contribution is 0.0406. The highest BCUT2D eigenvalue weighted by Crippen LogP contribution is 2.28. The average Bonchev–Trinajstić information content (AvgIpc) is 3.01. The third-order valence-electron chi connectivity index (χ3n) is 5.63.